The molecule has 2 heterocycles. The van der Waals surface area contributed by atoms with Crippen molar-refractivity contribution in [1.29, 1.82) is 0 Å². The van der Waals surface area contributed by atoms with Gasteiger partial charge in [0.1, 0.15) is 12.4 Å². The number of oxazole rings is 1. The fraction of sp³-hybridized carbons (Fsp3) is 0.625. The Morgan fingerprint density at radius 1 is 1.62 bits per heavy atom. The second-order valence-corrected chi connectivity index (χ2v) is 2.84. The number of halogens is 1. The molecule has 4 nitrogen and oxygen atoms in total. The van der Waals surface area contributed by atoms with Crippen molar-refractivity contribution in [2.45, 2.75) is 19.6 Å². The number of hydrogen-bond acceptors (Lipinski definition) is 4. The van der Waals surface area contributed by atoms with Gasteiger partial charge in [-0.15, -0.1) is 12.4 Å². The summed E-state index contributed by atoms with van der Waals surface area (Å²) in [6.07, 6.45) is 0.937. The summed E-state index contributed by atoms with van der Waals surface area (Å²) in [6, 6.07) is 0. The SMILES string of the molecule is COCc1nc2c(o1)CCNC2.Cl. The van der Waals surface area contributed by atoms with Gasteiger partial charge in [0, 0.05) is 26.6 Å². The van der Waals surface area contributed by atoms with Crippen molar-refractivity contribution < 1.29 is 9.15 Å². The van der Waals surface area contributed by atoms with E-state index in [4.69, 9.17) is 9.15 Å². The van der Waals surface area contributed by atoms with Crippen LogP contribution in [0.25, 0.3) is 0 Å². The first-order valence-electron chi connectivity index (χ1n) is 4.07. The van der Waals surface area contributed by atoms with Crippen molar-refractivity contribution in [3.8, 4) is 0 Å². The molecule has 0 aliphatic carbocycles. The van der Waals surface area contributed by atoms with E-state index in [2.05, 4.69) is 10.3 Å². The van der Waals surface area contributed by atoms with E-state index in [1.165, 1.54) is 0 Å². The lowest BCUT2D eigenvalue weighted by molar-refractivity contribution is 0.158. The first kappa shape index (κ1) is 10.5. The molecule has 13 heavy (non-hydrogen) atoms. The van der Waals surface area contributed by atoms with Crippen LogP contribution in [0.2, 0.25) is 0 Å². The van der Waals surface area contributed by atoms with Crippen LogP contribution in [0.15, 0.2) is 4.42 Å². The van der Waals surface area contributed by atoms with Crippen LogP contribution in [-0.2, 0) is 24.3 Å². The first-order valence-corrected chi connectivity index (χ1v) is 4.07. The predicted octanol–water partition coefficient (Wildman–Crippen LogP) is 0.888. The first-order chi connectivity index (χ1) is 5.90. The largest absolute Gasteiger partial charge is 0.443 e. The van der Waals surface area contributed by atoms with Crippen LogP contribution >= 0.6 is 12.4 Å². The summed E-state index contributed by atoms with van der Waals surface area (Å²) >= 11 is 0. The van der Waals surface area contributed by atoms with Crippen molar-refractivity contribution in [3.63, 3.8) is 0 Å². The van der Waals surface area contributed by atoms with E-state index in [0.29, 0.717) is 12.5 Å². The van der Waals surface area contributed by atoms with E-state index >= 15 is 0 Å². The quantitative estimate of drug-likeness (QED) is 0.778. The maximum atomic E-state index is 5.47. The van der Waals surface area contributed by atoms with Crippen LogP contribution in [0.4, 0.5) is 0 Å². The van der Waals surface area contributed by atoms with Gasteiger partial charge < -0.3 is 14.5 Å². The summed E-state index contributed by atoms with van der Waals surface area (Å²) in [6.45, 7) is 2.27. The molecule has 1 N–H and O–H groups in total. The molecule has 0 fully saturated rings. The predicted molar refractivity (Wildman–Crippen MR) is 49.9 cm³/mol. The molecular formula is C8H13ClN2O2. The molecule has 0 unspecified atom stereocenters. The Labute approximate surface area is 83.1 Å². The smallest absolute Gasteiger partial charge is 0.220 e. The summed E-state index contributed by atoms with van der Waals surface area (Å²) in [5.41, 5.74) is 1.04. The Kier molecular flexibility index (Phi) is 3.71. The molecule has 0 spiro atoms. The number of methoxy groups -OCH3 is 1. The highest BCUT2D eigenvalue weighted by Gasteiger charge is 2.15. The van der Waals surface area contributed by atoms with Crippen LogP contribution in [0, 0.1) is 0 Å². The fourth-order valence-electron chi connectivity index (χ4n) is 1.36. The highest BCUT2D eigenvalue weighted by atomic mass is 35.5. The fourth-order valence-corrected chi connectivity index (χ4v) is 1.36. The van der Waals surface area contributed by atoms with Crippen molar-refractivity contribution in [1.82, 2.24) is 10.3 Å². The van der Waals surface area contributed by atoms with E-state index < -0.39 is 0 Å². The zero-order valence-electron chi connectivity index (χ0n) is 7.50. The monoisotopic (exact) mass is 204 g/mol. The summed E-state index contributed by atoms with van der Waals surface area (Å²) in [7, 11) is 1.64. The van der Waals surface area contributed by atoms with Gasteiger partial charge in [-0.05, 0) is 0 Å². The zero-order valence-corrected chi connectivity index (χ0v) is 8.32. The van der Waals surface area contributed by atoms with Gasteiger partial charge in [-0.3, -0.25) is 0 Å². The van der Waals surface area contributed by atoms with Gasteiger partial charge in [0.05, 0.1) is 5.69 Å². The number of fused-ring (bicyclic) bond motifs is 1. The Morgan fingerprint density at radius 2 is 2.46 bits per heavy atom. The van der Waals surface area contributed by atoms with E-state index in [9.17, 15) is 0 Å². The standard InChI is InChI=1S/C8H12N2O2.ClH/c1-11-5-8-10-6-4-9-3-2-7(6)12-8;/h9H,2-5H2,1H3;1H. The maximum absolute atomic E-state index is 5.47. The van der Waals surface area contributed by atoms with Gasteiger partial charge in [0.2, 0.25) is 5.89 Å². The third-order valence-corrected chi connectivity index (χ3v) is 1.91. The van der Waals surface area contributed by atoms with E-state index in [1.54, 1.807) is 7.11 Å². The molecule has 0 saturated carbocycles. The molecule has 74 valence electrons. The number of aromatic nitrogens is 1. The maximum Gasteiger partial charge on any atom is 0.220 e. The van der Waals surface area contributed by atoms with Crippen molar-refractivity contribution >= 4 is 12.4 Å². The van der Waals surface area contributed by atoms with E-state index in [0.717, 1.165) is 31.0 Å². The van der Waals surface area contributed by atoms with E-state index in [-0.39, 0.29) is 12.4 Å². The lowest BCUT2D eigenvalue weighted by Gasteiger charge is -2.08. The van der Waals surface area contributed by atoms with Gasteiger partial charge in [-0.1, -0.05) is 0 Å². The van der Waals surface area contributed by atoms with Crippen LogP contribution < -0.4 is 5.32 Å². The lowest BCUT2D eigenvalue weighted by atomic mass is 10.2. The third kappa shape index (κ3) is 2.21. The highest BCUT2D eigenvalue weighted by molar-refractivity contribution is 5.85. The molecule has 5 heteroatoms. The molecule has 0 amide bonds. The Morgan fingerprint density at radius 3 is 3.15 bits per heavy atom. The zero-order chi connectivity index (χ0) is 8.39. The van der Waals surface area contributed by atoms with E-state index in [1.807, 2.05) is 0 Å². The molecule has 1 aromatic rings. The van der Waals surface area contributed by atoms with Gasteiger partial charge in [0.25, 0.3) is 0 Å². The molecule has 0 radical (unpaired) electrons. The molecule has 2 rings (SSSR count). The Hall–Kier alpha value is -0.580. The molecule has 0 saturated heterocycles. The second-order valence-electron chi connectivity index (χ2n) is 2.84. The number of rotatable bonds is 2. The number of hydrogen-bond donors (Lipinski definition) is 1. The minimum Gasteiger partial charge on any atom is -0.443 e. The molecule has 1 aliphatic rings. The second kappa shape index (κ2) is 4.60. The summed E-state index contributed by atoms with van der Waals surface area (Å²) in [4.78, 5) is 4.29. The normalized spacial score (nSPS) is 14.8. The summed E-state index contributed by atoms with van der Waals surface area (Å²) < 4.78 is 10.4. The number of nitrogens with zero attached hydrogens (tertiary/aromatic N) is 1. The van der Waals surface area contributed by atoms with Crippen molar-refractivity contribution in [3.05, 3.63) is 17.3 Å². The topological polar surface area (TPSA) is 47.3 Å². The Bertz CT molecular complexity index is 252. The molecule has 1 aliphatic heterocycles. The van der Waals surface area contributed by atoms with Crippen molar-refractivity contribution in [2.24, 2.45) is 0 Å². The van der Waals surface area contributed by atoms with Gasteiger partial charge in [-0.2, -0.15) is 0 Å². The highest BCUT2D eigenvalue weighted by Crippen LogP contribution is 2.14. The lowest BCUT2D eigenvalue weighted by Crippen LogP contribution is -2.22. The number of nitrogens with one attached hydrogen (secondary N) is 1. The molecule has 0 aromatic carbocycles. The minimum atomic E-state index is 0. The molecule has 0 bridgehead atoms. The van der Waals surface area contributed by atoms with Gasteiger partial charge in [-0.25, -0.2) is 4.98 Å². The third-order valence-electron chi connectivity index (χ3n) is 1.91. The average Bonchev–Trinajstić information content (AvgIpc) is 2.47. The minimum absolute atomic E-state index is 0. The van der Waals surface area contributed by atoms with Crippen LogP contribution in [0.3, 0.4) is 0 Å². The van der Waals surface area contributed by atoms with Crippen LogP contribution in [0.5, 0.6) is 0 Å². The molecule has 1 aromatic heterocycles. The summed E-state index contributed by atoms with van der Waals surface area (Å²) in [5, 5.41) is 3.23. The van der Waals surface area contributed by atoms with Crippen LogP contribution in [0.1, 0.15) is 17.3 Å². The summed E-state index contributed by atoms with van der Waals surface area (Å²) in [5.74, 6) is 1.70. The van der Waals surface area contributed by atoms with Crippen molar-refractivity contribution in [2.75, 3.05) is 13.7 Å². The van der Waals surface area contributed by atoms with Crippen LogP contribution in [-0.4, -0.2) is 18.6 Å². The van der Waals surface area contributed by atoms with Gasteiger partial charge >= 0.3 is 0 Å². The number of ether oxygens (including phenoxy) is 1. The molecule has 0 atom stereocenters. The Balaban J connectivity index is 0.000000845. The average molecular weight is 205 g/mol. The molecular weight excluding hydrogens is 192 g/mol. The van der Waals surface area contributed by atoms with Gasteiger partial charge in [0.15, 0.2) is 0 Å².